The number of benzene rings is 1. The normalized spacial score (nSPS) is 21.8. The Balaban J connectivity index is 2.41. The van der Waals surface area contributed by atoms with E-state index in [1.807, 2.05) is 0 Å². The quantitative estimate of drug-likeness (QED) is 0.346. The van der Waals surface area contributed by atoms with Crippen molar-refractivity contribution in [3.63, 3.8) is 0 Å². The van der Waals surface area contributed by atoms with Crippen LogP contribution in [-0.2, 0) is 9.47 Å². The van der Waals surface area contributed by atoms with Crippen LogP contribution in [0.2, 0.25) is 0 Å². The first-order valence-electron chi connectivity index (χ1n) is 11.3. The number of hydrogen-bond donors (Lipinski definition) is 3. The lowest BCUT2D eigenvalue weighted by Crippen LogP contribution is -2.52. The van der Waals surface area contributed by atoms with Crippen LogP contribution in [0.4, 0.5) is 5.69 Å². The lowest BCUT2D eigenvalue weighted by atomic mass is 9.72. The monoisotopic (exact) mass is 575 g/mol. The van der Waals surface area contributed by atoms with Gasteiger partial charge in [0.1, 0.15) is 0 Å². The van der Waals surface area contributed by atoms with E-state index in [4.69, 9.17) is 9.47 Å². The lowest BCUT2D eigenvalue weighted by molar-refractivity contribution is -0.278. The minimum atomic E-state index is -1.15. The van der Waals surface area contributed by atoms with Gasteiger partial charge in [-0.05, 0) is 64.3 Å². The van der Waals surface area contributed by atoms with Gasteiger partial charge in [-0.25, -0.2) is 9.59 Å². The Hall–Kier alpha value is -1.39. The number of hydrogen-bond acceptors (Lipinski definition) is 5. The molecule has 7 nitrogen and oxygen atoms in total. The minimum Gasteiger partial charge on any atom is -0.478 e. The fourth-order valence-corrected chi connectivity index (χ4v) is 5.42. The molecule has 0 amide bonds. The first kappa shape index (κ1) is 27.9. The molecule has 1 aliphatic heterocycles. The third-order valence-electron chi connectivity index (χ3n) is 7.16. The highest BCUT2D eigenvalue weighted by atomic mass is 127. The molecule has 33 heavy (non-hydrogen) atoms. The van der Waals surface area contributed by atoms with Crippen molar-refractivity contribution >= 4 is 40.2 Å². The highest BCUT2D eigenvalue weighted by Crippen LogP contribution is 2.42. The number of carboxylic acid groups (broad SMARTS) is 2. The van der Waals surface area contributed by atoms with Crippen molar-refractivity contribution in [2.75, 3.05) is 11.9 Å². The highest BCUT2D eigenvalue weighted by Gasteiger charge is 2.44. The Kier molecular flexibility index (Phi) is 8.50. The number of rotatable bonds is 7. The molecule has 2 rings (SSSR count). The number of carboxylic acids is 2. The third-order valence-corrected chi connectivity index (χ3v) is 8.24. The van der Waals surface area contributed by atoms with Crippen molar-refractivity contribution in [3.05, 3.63) is 25.8 Å². The molecule has 1 aromatic carbocycles. The first-order chi connectivity index (χ1) is 15.0. The fourth-order valence-electron chi connectivity index (χ4n) is 4.15. The summed E-state index contributed by atoms with van der Waals surface area (Å²) in [7, 11) is 0. The molecule has 186 valence electrons. The SMILES string of the molecule is Cc1c(NCC2OC(C(C)(C)C)CC(C(C)(C)C(C)C)O2)c(C)c(C(=O)O)c(I)c1C(=O)O. The van der Waals surface area contributed by atoms with Crippen LogP contribution in [0.5, 0.6) is 0 Å². The van der Waals surface area contributed by atoms with E-state index in [0.717, 1.165) is 6.42 Å². The summed E-state index contributed by atoms with van der Waals surface area (Å²) in [5, 5.41) is 22.7. The van der Waals surface area contributed by atoms with E-state index in [2.05, 4.69) is 53.8 Å². The fraction of sp³-hybridized carbons (Fsp3) is 0.680. The van der Waals surface area contributed by atoms with E-state index in [-0.39, 0.29) is 44.3 Å². The maximum Gasteiger partial charge on any atom is 0.337 e. The molecular weight excluding hydrogens is 537 g/mol. The maximum atomic E-state index is 11.9. The zero-order valence-electron chi connectivity index (χ0n) is 21.1. The van der Waals surface area contributed by atoms with Crippen molar-refractivity contribution in [3.8, 4) is 0 Å². The van der Waals surface area contributed by atoms with E-state index < -0.39 is 18.2 Å². The second kappa shape index (κ2) is 10.1. The van der Waals surface area contributed by atoms with E-state index in [0.29, 0.717) is 22.7 Å². The molecule has 3 atom stereocenters. The van der Waals surface area contributed by atoms with Crippen molar-refractivity contribution in [2.24, 2.45) is 16.7 Å². The first-order valence-corrected chi connectivity index (χ1v) is 12.4. The molecule has 1 aliphatic rings. The third kappa shape index (κ3) is 5.82. The average molecular weight is 575 g/mol. The smallest absolute Gasteiger partial charge is 0.337 e. The van der Waals surface area contributed by atoms with Gasteiger partial charge in [-0.3, -0.25) is 0 Å². The van der Waals surface area contributed by atoms with Gasteiger partial charge in [0.15, 0.2) is 6.29 Å². The van der Waals surface area contributed by atoms with Gasteiger partial charge in [0, 0.05) is 15.7 Å². The van der Waals surface area contributed by atoms with Crippen LogP contribution in [0.1, 0.15) is 86.7 Å². The summed E-state index contributed by atoms with van der Waals surface area (Å²) in [6.45, 7) is 18.9. The molecule has 0 spiro atoms. The number of ether oxygens (including phenoxy) is 2. The largest absolute Gasteiger partial charge is 0.478 e. The summed E-state index contributed by atoms with van der Waals surface area (Å²) in [5.41, 5.74) is 1.35. The highest BCUT2D eigenvalue weighted by molar-refractivity contribution is 14.1. The summed E-state index contributed by atoms with van der Waals surface area (Å²) >= 11 is 1.80. The predicted molar refractivity (Wildman–Crippen MR) is 137 cm³/mol. The van der Waals surface area contributed by atoms with Gasteiger partial charge in [-0.15, -0.1) is 0 Å². The van der Waals surface area contributed by atoms with Crippen LogP contribution in [0.3, 0.4) is 0 Å². The molecule has 1 heterocycles. The maximum absolute atomic E-state index is 11.9. The Morgan fingerprint density at radius 1 is 1.00 bits per heavy atom. The summed E-state index contributed by atoms with van der Waals surface area (Å²) in [6, 6.07) is 0. The Morgan fingerprint density at radius 3 is 1.85 bits per heavy atom. The van der Waals surface area contributed by atoms with Crippen molar-refractivity contribution in [2.45, 2.75) is 87.2 Å². The van der Waals surface area contributed by atoms with Crippen LogP contribution in [0.15, 0.2) is 0 Å². The van der Waals surface area contributed by atoms with E-state index in [1.165, 1.54) is 0 Å². The van der Waals surface area contributed by atoms with E-state index in [1.54, 1.807) is 36.4 Å². The number of aromatic carboxylic acids is 2. The van der Waals surface area contributed by atoms with E-state index >= 15 is 0 Å². The second-order valence-corrected chi connectivity index (χ2v) is 12.0. The number of halogens is 1. The zero-order chi connectivity index (χ0) is 25.5. The van der Waals surface area contributed by atoms with Gasteiger partial charge in [-0.2, -0.15) is 0 Å². The van der Waals surface area contributed by atoms with Gasteiger partial charge in [0.25, 0.3) is 0 Å². The number of carbonyl (C=O) groups is 2. The molecule has 0 radical (unpaired) electrons. The Bertz CT molecular complexity index is 877. The Labute approximate surface area is 210 Å². The van der Waals surface area contributed by atoms with Gasteiger partial charge in [-0.1, -0.05) is 48.5 Å². The summed E-state index contributed by atoms with van der Waals surface area (Å²) < 4.78 is 12.9. The molecule has 0 aliphatic carbocycles. The van der Waals surface area contributed by atoms with Crippen molar-refractivity contribution < 1.29 is 29.3 Å². The second-order valence-electron chi connectivity index (χ2n) is 10.9. The van der Waals surface area contributed by atoms with Crippen molar-refractivity contribution in [1.29, 1.82) is 0 Å². The summed E-state index contributed by atoms with van der Waals surface area (Å²) in [4.78, 5) is 23.8. The van der Waals surface area contributed by atoms with Gasteiger partial charge in [0.05, 0.1) is 29.9 Å². The lowest BCUT2D eigenvalue weighted by Gasteiger charge is -2.48. The molecule has 0 saturated carbocycles. The molecule has 1 aromatic rings. The van der Waals surface area contributed by atoms with Crippen LogP contribution >= 0.6 is 22.6 Å². The zero-order valence-corrected chi connectivity index (χ0v) is 23.3. The van der Waals surface area contributed by atoms with Crippen LogP contribution in [0.25, 0.3) is 0 Å². The molecule has 1 saturated heterocycles. The average Bonchev–Trinajstić information content (AvgIpc) is 2.66. The number of nitrogens with one attached hydrogen (secondary N) is 1. The predicted octanol–water partition coefficient (Wildman–Crippen LogP) is 5.94. The van der Waals surface area contributed by atoms with Gasteiger partial charge in [0.2, 0.25) is 0 Å². The summed E-state index contributed by atoms with van der Waals surface area (Å²) in [5.74, 6) is -1.90. The standard InChI is InChI=1S/C25H38INO6/c1-12(2)25(8,9)16-10-15(24(5,6)7)32-17(33-16)11-27-21-13(3)18(22(28)29)20(26)19(14(21)4)23(30)31/h12,15-17,27H,10-11H2,1-9H3,(H,28,29)(H,30,31). The van der Waals surface area contributed by atoms with Crippen LogP contribution in [-0.4, -0.2) is 47.2 Å². The topological polar surface area (TPSA) is 105 Å². The van der Waals surface area contributed by atoms with Crippen molar-refractivity contribution in [1.82, 2.24) is 0 Å². The molecule has 3 unspecified atom stereocenters. The molecule has 0 bridgehead atoms. The summed E-state index contributed by atoms with van der Waals surface area (Å²) in [6.07, 6.45) is 0.221. The van der Waals surface area contributed by atoms with Gasteiger partial charge < -0.3 is 25.0 Å². The van der Waals surface area contributed by atoms with Crippen LogP contribution in [0, 0.1) is 34.2 Å². The molecule has 8 heteroatoms. The molecule has 0 aromatic heterocycles. The molecule has 1 fully saturated rings. The molecule has 3 N–H and O–H groups in total. The minimum absolute atomic E-state index is 0.00188. The van der Waals surface area contributed by atoms with Gasteiger partial charge >= 0.3 is 11.9 Å². The van der Waals surface area contributed by atoms with Crippen LogP contribution < -0.4 is 5.32 Å². The number of anilines is 1. The van der Waals surface area contributed by atoms with E-state index in [9.17, 15) is 19.8 Å². The Morgan fingerprint density at radius 2 is 1.45 bits per heavy atom. The molecular formula is C25H38INO6.